The van der Waals surface area contributed by atoms with Gasteiger partial charge in [0.05, 0.1) is 49.2 Å². The van der Waals surface area contributed by atoms with Gasteiger partial charge in [0.2, 0.25) is 11.8 Å². The maximum atomic E-state index is 14.1. The molecule has 5 aromatic rings. The molecule has 0 spiro atoms. The number of imidazole rings is 2. The molecular weight excluding hydrogens is 785 g/mol. The second-order valence-corrected chi connectivity index (χ2v) is 18.0. The van der Waals surface area contributed by atoms with E-state index in [1.165, 1.54) is 30.9 Å². The number of methoxy groups -OCH3 is 2. The Hall–Kier alpha value is -5.92. The van der Waals surface area contributed by atoms with Gasteiger partial charge in [-0.3, -0.25) is 9.59 Å². The van der Waals surface area contributed by atoms with Crippen LogP contribution in [0.2, 0.25) is 0 Å². The first-order valence-corrected chi connectivity index (χ1v) is 22.3. The fourth-order valence-corrected chi connectivity index (χ4v) is 10.2. The Morgan fingerprint density at radius 3 is 2.06 bits per heavy atom. The Kier molecular flexibility index (Phi) is 12.0. The maximum absolute atomic E-state index is 14.1. The standard InChI is InChI=1S/C48H60N8O6/c1-9-30-16-22-38(56(30)46(58)41(26(4)5)54-48(60)62-8)43-49-24-37(51-43)35-19-18-31(33-11-10-12-34(33)35)28-14-17-32-29(23-28)15-20-36-42(32)52-44(50-36)39-21-13-27(6)55(39)45(57)40(25(2)3)53-47(59)61-7/h14-15,17-20,23-27,30,38-41H,9-13,16,21-22H2,1-8H3,(H,49,51)(H,50,52)(H,53,59)(H,54,60)/t27-,30-,38-,39-,40-,41-/m0/s1. The zero-order valence-corrected chi connectivity index (χ0v) is 37.1. The van der Waals surface area contributed by atoms with Crippen molar-refractivity contribution in [3.05, 3.63) is 71.4 Å². The number of H-pyrrole nitrogens is 2. The molecule has 14 heteroatoms. The van der Waals surface area contributed by atoms with Crippen LogP contribution in [0.5, 0.6) is 0 Å². The van der Waals surface area contributed by atoms with Gasteiger partial charge in [0.15, 0.2) is 0 Å². The molecule has 0 bridgehead atoms. The van der Waals surface area contributed by atoms with E-state index < -0.39 is 24.3 Å². The van der Waals surface area contributed by atoms with E-state index >= 15 is 0 Å². The monoisotopic (exact) mass is 844 g/mol. The Morgan fingerprint density at radius 1 is 0.774 bits per heavy atom. The summed E-state index contributed by atoms with van der Waals surface area (Å²) in [6.07, 6.45) is 7.75. The summed E-state index contributed by atoms with van der Waals surface area (Å²) in [7, 11) is 2.61. The third kappa shape index (κ3) is 7.77. The van der Waals surface area contributed by atoms with Crippen molar-refractivity contribution in [1.29, 1.82) is 0 Å². The Balaban J connectivity index is 1.06. The van der Waals surface area contributed by atoms with Crippen molar-refractivity contribution < 1.29 is 28.7 Å². The quantitative estimate of drug-likeness (QED) is 0.102. The van der Waals surface area contributed by atoms with Gasteiger partial charge in [-0.05, 0) is 110 Å². The molecule has 14 nitrogen and oxygen atoms in total. The van der Waals surface area contributed by atoms with Crippen molar-refractivity contribution in [1.82, 2.24) is 40.4 Å². The summed E-state index contributed by atoms with van der Waals surface area (Å²) in [5.41, 5.74) is 8.89. The predicted molar refractivity (Wildman–Crippen MR) is 238 cm³/mol. The normalized spacial score (nSPS) is 20.9. The zero-order chi connectivity index (χ0) is 44.0. The van der Waals surface area contributed by atoms with Crippen LogP contribution in [0.25, 0.3) is 44.2 Å². The first kappa shape index (κ1) is 42.8. The van der Waals surface area contributed by atoms with Gasteiger partial charge in [-0.15, -0.1) is 0 Å². The minimum atomic E-state index is -0.711. The first-order chi connectivity index (χ1) is 29.8. The van der Waals surface area contributed by atoms with E-state index in [2.05, 4.69) is 76.9 Å². The van der Waals surface area contributed by atoms with Crippen LogP contribution in [-0.2, 0) is 31.9 Å². The molecule has 3 aliphatic rings. The summed E-state index contributed by atoms with van der Waals surface area (Å²) in [6, 6.07) is 13.4. The third-order valence-corrected chi connectivity index (χ3v) is 13.5. The number of hydrogen-bond acceptors (Lipinski definition) is 8. The first-order valence-electron chi connectivity index (χ1n) is 22.3. The van der Waals surface area contributed by atoms with Gasteiger partial charge < -0.3 is 39.9 Å². The number of carbonyl (C=O) groups excluding carboxylic acids is 4. The highest BCUT2D eigenvalue weighted by atomic mass is 16.5. The molecule has 8 rings (SSSR count). The number of nitrogens with one attached hydrogen (secondary N) is 4. The number of aromatic amines is 2. The van der Waals surface area contributed by atoms with Gasteiger partial charge in [-0.25, -0.2) is 19.6 Å². The van der Waals surface area contributed by atoms with Crippen LogP contribution < -0.4 is 10.6 Å². The minimum Gasteiger partial charge on any atom is -0.453 e. The van der Waals surface area contributed by atoms with Crippen LogP contribution in [0, 0.1) is 11.8 Å². The van der Waals surface area contributed by atoms with Crippen molar-refractivity contribution in [2.45, 2.75) is 129 Å². The van der Waals surface area contributed by atoms with Gasteiger partial charge in [0, 0.05) is 23.0 Å². The number of aromatic nitrogens is 4. The highest BCUT2D eigenvalue weighted by Crippen LogP contribution is 2.43. The van der Waals surface area contributed by atoms with E-state index in [9.17, 15) is 19.2 Å². The summed E-state index contributed by atoms with van der Waals surface area (Å²) in [5.74, 6) is 1.03. The molecule has 2 aliphatic heterocycles. The topological polar surface area (TPSA) is 175 Å². The van der Waals surface area contributed by atoms with E-state index in [-0.39, 0.29) is 47.8 Å². The zero-order valence-electron chi connectivity index (χ0n) is 37.1. The Morgan fingerprint density at radius 2 is 1.40 bits per heavy atom. The number of hydrogen-bond donors (Lipinski definition) is 4. The Labute approximate surface area is 362 Å². The smallest absolute Gasteiger partial charge is 0.407 e. The van der Waals surface area contributed by atoms with E-state index in [1.807, 2.05) is 43.7 Å². The van der Waals surface area contributed by atoms with Crippen LogP contribution in [0.1, 0.15) is 115 Å². The van der Waals surface area contributed by atoms with E-state index in [1.54, 1.807) is 0 Å². The average molecular weight is 845 g/mol. The second-order valence-electron chi connectivity index (χ2n) is 18.0. The highest BCUT2D eigenvalue weighted by Gasteiger charge is 2.43. The molecule has 62 heavy (non-hydrogen) atoms. The average Bonchev–Trinajstić information content (AvgIpc) is 4.12. The predicted octanol–water partition coefficient (Wildman–Crippen LogP) is 8.52. The molecule has 2 saturated heterocycles. The molecule has 2 aromatic heterocycles. The summed E-state index contributed by atoms with van der Waals surface area (Å²) in [5, 5.41) is 7.64. The summed E-state index contributed by atoms with van der Waals surface area (Å²) in [4.78, 5) is 73.5. The number of nitrogens with zero attached hydrogens (tertiary/aromatic N) is 4. The van der Waals surface area contributed by atoms with Crippen LogP contribution >= 0.6 is 0 Å². The number of amides is 4. The van der Waals surface area contributed by atoms with E-state index in [0.717, 1.165) is 102 Å². The lowest BCUT2D eigenvalue weighted by Crippen LogP contribution is -2.53. The van der Waals surface area contributed by atoms with Gasteiger partial charge in [-0.1, -0.05) is 65.0 Å². The van der Waals surface area contributed by atoms with Crippen molar-refractivity contribution in [3.63, 3.8) is 0 Å². The molecule has 1 aliphatic carbocycles. The number of likely N-dealkylation sites (tertiary alicyclic amines) is 2. The lowest BCUT2D eigenvalue weighted by Gasteiger charge is -2.34. The molecule has 4 N–H and O–H groups in total. The minimum absolute atomic E-state index is 0.00752. The number of ether oxygens (including phenoxy) is 2. The molecule has 0 unspecified atom stereocenters. The Bertz CT molecular complexity index is 2510. The van der Waals surface area contributed by atoms with Crippen molar-refractivity contribution in [2.24, 2.45) is 11.8 Å². The van der Waals surface area contributed by atoms with Crippen LogP contribution in [-0.4, -0.2) is 92.1 Å². The van der Waals surface area contributed by atoms with Gasteiger partial charge in [0.1, 0.15) is 23.7 Å². The number of carbonyl (C=O) groups is 4. The van der Waals surface area contributed by atoms with Crippen molar-refractivity contribution >= 4 is 45.8 Å². The molecule has 4 amide bonds. The molecule has 4 heterocycles. The second kappa shape index (κ2) is 17.5. The molecular formula is C48H60N8O6. The lowest BCUT2D eigenvalue weighted by molar-refractivity contribution is -0.138. The number of benzene rings is 3. The highest BCUT2D eigenvalue weighted by molar-refractivity contribution is 6.05. The molecule has 328 valence electrons. The van der Waals surface area contributed by atoms with Crippen LogP contribution in [0.3, 0.4) is 0 Å². The van der Waals surface area contributed by atoms with E-state index in [4.69, 9.17) is 19.4 Å². The molecule has 3 aromatic carbocycles. The van der Waals surface area contributed by atoms with Crippen molar-refractivity contribution in [3.8, 4) is 22.4 Å². The van der Waals surface area contributed by atoms with Gasteiger partial charge in [-0.2, -0.15) is 0 Å². The molecule has 0 saturated carbocycles. The molecule has 6 atom stereocenters. The van der Waals surface area contributed by atoms with Crippen molar-refractivity contribution in [2.75, 3.05) is 14.2 Å². The summed E-state index contributed by atoms with van der Waals surface area (Å²) >= 11 is 0. The number of rotatable bonds is 11. The van der Waals surface area contributed by atoms with E-state index in [0.29, 0.717) is 0 Å². The molecule has 0 radical (unpaired) electrons. The summed E-state index contributed by atoms with van der Waals surface area (Å²) in [6.45, 7) is 11.8. The number of fused-ring (bicyclic) bond motifs is 4. The SMILES string of the molecule is CC[C@H]1CC[C@@H](c2ncc(-c3ccc(-c4ccc5c(ccc6[nH]c([C@@H]7CC[C@H](C)N7C(=O)[C@@H](NC(=O)OC)C(C)C)nc65)c4)c4c3CCC4)[nH]2)N1C(=O)[C@@H](NC(=O)OC)C(C)C. The maximum Gasteiger partial charge on any atom is 0.407 e. The summed E-state index contributed by atoms with van der Waals surface area (Å²) < 4.78 is 9.69. The lowest BCUT2D eigenvalue weighted by atomic mass is 9.91. The number of alkyl carbamates (subject to hydrolysis) is 2. The molecule has 2 fully saturated rings. The van der Waals surface area contributed by atoms with Crippen LogP contribution in [0.4, 0.5) is 9.59 Å². The fraction of sp³-hybridized carbons (Fsp3) is 0.500. The van der Waals surface area contributed by atoms with Crippen LogP contribution in [0.15, 0.2) is 48.7 Å². The van der Waals surface area contributed by atoms with Gasteiger partial charge in [0.25, 0.3) is 0 Å². The third-order valence-electron chi connectivity index (χ3n) is 13.5. The van der Waals surface area contributed by atoms with Gasteiger partial charge >= 0.3 is 12.2 Å². The fourth-order valence-electron chi connectivity index (χ4n) is 10.2. The largest absolute Gasteiger partial charge is 0.453 e.